The lowest BCUT2D eigenvalue weighted by molar-refractivity contribution is -0.126. The molecule has 9 nitrogen and oxygen atoms in total. The molecular weight excluding hydrogens is 564 g/mol. The van der Waals surface area contributed by atoms with E-state index < -0.39 is 17.3 Å². The van der Waals surface area contributed by atoms with Crippen molar-refractivity contribution in [3.63, 3.8) is 0 Å². The number of aryl methyl sites for hydroxylation is 1. The van der Waals surface area contributed by atoms with Gasteiger partial charge >= 0.3 is 5.69 Å². The van der Waals surface area contributed by atoms with Gasteiger partial charge in [-0.25, -0.2) is 23.1 Å². The minimum Gasteiger partial charge on any atom is -0.398 e. The second kappa shape index (κ2) is 12.2. The number of piperazine rings is 1. The third-order valence-corrected chi connectivity index (χ3v) is 7.82. The molecule has 226 valence electrons. The smallest absolute Gasteiger partial charge is 0.355 e. The molecule has 0 spiro atoms. The molecule has 1 atom stereocenters. The Bertz CT molecular complexity index is 1860. The summed E-state index contributed by atoms with van der Waals surface area (Å²) in [6, 6.07) is 6.76. The van der Waals surface area contributed by atoms with Gasteiger partial charge in [0.1, 0.15) is 17.3 Å². The van der Waals surface area contributed by atoms with E-state index in [2.05, 4.69) is 27.5 Å². The van der Waals surface area contributed by atoms with E-state index >= 15 is 8.78 Å². The molecule has 5 rings (SSSR count). The topological polar surface area (TPSA) is 110 Å². The van der Waals surface area contributed by atoms with Crippen LogP contribution in [0.4, 0.5) is 20.3 Å². The highest BCUT2D eigenvalue weighted by Crippen LogP contribution is 2.36. The molecule has 3 aromatic heterocycles. The van der Waals surface area contributed by atoms with E-state index in [0.29, 0.717) is 43.9 Å². The second-order valence-corrected chi connectivity index (χ2v) is 11.0. The van der Waals surface area contributed by atoms with E-state index in [4.69, 9.17) is 12.2 Å². The minimum absolute atomic E-state index is 0.00508. The monoisotopic (exact) mass is 597 g/mol. The van der Waals surface area contributed by atoms with Crippen LogP contribution >= 0.6 is 0 Å². The number of hydrogen-bond acceptors (Lipinski definition) is 7. The van der Waals surface area contributed by atoms with Crippen LogP contribution in [0.25, 0.3) is 28.0 Å². The van der Waals surface area contributed by atoms with Gasteiger partial charge in [0.2, 0.25) is 5.91 Å². The van der Waals surface area contributed by atoms with Gasteiger partial charge in [-0.05, 0) is 55.2 Å². The van der Waals surface area contributed by atoms with Crippen LogP contribution in [0.3, 0.4) is 0 Å². The molecule has 0 aliphatic carbocycles. The molecule has 4 aromatic rings. The fourth-order valence-electron chi connectivity index (χ4n) is 5.69. The molecule has 1 fully saturated rings. The van der Waals surface area contributed by atoms with Gasteiger partial charge in [0.15, 0.2) is 11.5 Å². The van der Waals surface area contributed by atoms with E-state index in [1.54, 1.807) is 17.2 Å². The van der Waals surface area contributed by atoms with Gasteiger partial charge in [-0.1, -0.05) is 26.5 Å². The van der Waals surface area contributed by atoms with Gasteiger partial charge in [-0.15, -0.1) is 12.3 Å². The summed E-state index contributed by atoms with van der Waals surface area (Å²) >= 11 is 0. The number of pyridine rings is 2. The maximum atomic E-state index is 16.0. The van der Waals surface area contributed by atoms with Gasteiger partial charge in [0.05, 0.1) is 22.3 Å². The summed E-state index contributed by atoms with van der Waals surface area (Å²) in [5.41, 5.74) is 6.72. The second-order valence-electron chi connectivity index (χ2n) is 11.0. The minimum atomic E-state index is -0.835. The SMILES string of the molecule is C#CCCc1ccnc(C(C)C)c1-n1c(=O)nc(N2CCN(C(=O)C=C)C[C@@H]2C)c2cc(F)c(-c3c(N)cccc3F)nc21. The molecule has 1 aliphatic rings. The zero-order valence-corrected chi connectivity index (χ0v) is 24.8. The van der Waals surface area contributed by atoms with Crippen molar-refractivity contribution in [3.05, 3.63) is 82.6 Å². The molecule has 1 amide bonds. The normalized spacial score (nSPS) is 15.1. The number of terminal acetylenes is 1. The van der Waals surface area contributed by atoms with Gasteiger partial charge in [-0.3, -0.25) is 9.78 Å². The molecule has 4 heterocycles. The summed E-state index contributed by atoms with van der Waals surface area (Å²) in [6.07, 6.45) is 9.33. The first-order valence-electron chi connectivity index (χ1n) is 14.3. The predicted molar refractivity (Wildman–Crippen MR) is 168 cm³/mol. The van der Waals surface area contributed by atoms with Crippen LogP contribution in [0, 0.1) is 24.0 Å². The van der Waals surface area contributed by atoms with Crippen molar-refractivity contribution in [2.45, 2.75) is 45.6 Å². The van der Waals surface area contributed by atoms with Gasteiger partial charge in [0, 0.05) is 44.0 Å². The number of carbonyl (C=O) groups excluding carboxylic acids is 1. The van der Waals surface area contributed by atoms with Gasteiger partial charge < -0.3 is 15.5 Å². The number of carbonyl (C=O) groups is 1. The Kier molecular flexibility index (Phi) is 8.45. The molecule has 44 heavy (non-hydrogen) atoms. The van der Waals surface area contributed by atoms with Gasteiger partial charge in [-0.2, -0.15) is 4.98 Å². The molecule has 1 aliphatic heterocycles. The molecule has 11 heteroatoms. The lowest BCUT2D eigenvalue weighted by Gasteiger charge is -2.40. The van der Waals surface area contributed by atoms with E-state index in [9.17, 15) is 9.59 Å². The highest BCUT2D eigenvalue weighted by molar-refractivity contribution is 5.92. The van der Waals surface area contributed by atoms with Crippen molar-refractivity contribution in [2.75, 3.05) is 30.3 Å². The first kappa shape index (κ1) is 30.4. The fourth-order valence-corrected chi connectivity index (χ4v) is 5.69. The van der Waals surface area contributed by atoms with Crippen LogP contribution in [0.5, 0.6) is 0 Å². The third kappa shape index (κ3) is 5.39. The van der Waals surface area contributed by atoms with Crippen molar-refractivity contribution >= 4 is 28.4 Å². The fraction of sp³-hybridized carbons (Fsp3) is 0.303. The Morgan fingerprint density at radius 2 is 2.00 bits per heavy atom. The molecule has 0 bridgehead atoms. The third-order valence-electron chi connectivity index (χ3n) is 7.82. The quantitative estimate of drug-likeness (QED) is 0.188. The van der Waals surface area contributed by atoms with Crippen LogP contribution in [-0.2, 0) is 11.2 Å². The number of aromatic nitrogens is 4. The molecule has 0 radical (unpaired) electrons. The first-order valence-corrected chi connectivity index (χ1v) is 14.3. The standard InChI is InChI=1S/C33H33F2N7O2/c1-6-8-10-21-13-14-37-28(19(3)4)30(21)42-32-22(17-24(35)29(38-32)27-23(34)11-9-12-25(27)36)31(39-33(42)44)41-16-15-40(18-20(41)5)26(43)7-2/h1,7,9,11-14,17,19-20H,2,8,10,15-16,18,36H2,3-5H3/t20-/m0/s1. The maximum absolute atomic E-state index is 16.0. The number of anilines is 2. The average Bonchev–Trinajstić information content (AvgIpc) is 2.99. The van der Waals surface area contributed by atoms with E-state index in [1.807, 2.05) is 25.7 Å². The van der Waals surface area contributed by atoms with Crippen molar-refractivity contribution in [1.29, 1.82) is 0 Å². The molecule has 2 N–H and O–H groups in total. The van der Waals surface area contributed by atoms with E-state index in [1.165, 1.54) is 34.9 Å². The van der Waals surface area contributed by atoms with Crippen molar-refractivity contribution in [1.82, 2.24) is 24.4 Å². The Balaban J connectivity index is 1.85. The van der Waals surface area contributed by atoms with Crippen LogP contribution in [0.15, 0.2) is 54.0 Å². The summed E-state index contributed by atoms with van der Waals surface area (Å²) in [5, 5.41) is 0.234. The van der Waals surface area contributed by atoms with Crippen LogP contribution in [0.1, 0.15) is 44.4 Å². The number of nitrogens with zero attached hydrogens (tertiary/aromatic N) is 6. The molecule has 1 saturated heterocycles. The molecular formula is C33H33F2N7O2. The number of nitrogen functional groups attached to an aromatic ring is 1. The summed E-state index contributed by atoms with van der Waals surface area (Å²) in [6.45, 7) is 10.3. The number of fused-ring (bicyclic) bond motifs is 1. The number of benzene rings is 1. The lowest BCUT2D eigenvalue weighted by atomic mass is 10.0. The van der Waals surface area contributed by atoms with Crippen molar-refractivity contribution in [3.8, 4) is 29.3 Å². The molecule has 0 saturated carbocycles. The predicted octanol–water partition coefficient (Wildman–Crippen LogP) is 4.62. The molecule has 1 aromatic carbocycles. The highest BCUT2D eigenvalue weighted by Gasteiger charge is 2.31. The number of nitrogens with two attached hydrogens (primary N) is 1. The first-order chi connectivity index (χ1) is 21.1. The molecule has 0 unspecified atom stereocenters. The number of rotatable bonds is 7. The number of halogens is 2. The Labute approximate surface area is 254 Å². The Morgan fingerprint density at radius 1 is 1.23 bits per heavy atom. The van der Waals surface area contributed by atoms with E-state index in [0.717, 1.165) is 5.56 Å². The Hall–Kier alpha value is -5.11. The maximum Gasteiger partial charge on any atom is 0.355 e. The summed E-state index contributed by atoms with van der Waals surface area (Å²) < 4.78 is 32.4. The number of hydrogen-bond donors (Lipinski definition) is 1. The highest BCUT2D eigenvalue weighted by atomic mass is 19.1. The number of amides is 1. The largest absolute Gasteiger partial charge is 0.398 e. The zero-order chi connectivity index (χ0) is 31.7. The van der Waals surface area contributed by atoms with E-state index in [-0.39, 0.29) is 51.7 Å². The zero-order valence-electron chi connectivity index (χ0n) is 24.8. The van der Waals surface area contributed by atoms with Crippen LogP contribution < -0.4 is 16.3 Å². The summed E-state index contributed by atoms with van der Waals surface area (Å²) in [7, 11) is 0. The van der Waals surface area contributed by atoms with Crippen LogP contribution in [-0.4, -0.2) is 56.0 Å². The average molecular weight is 598 g/mol. The summed E-state index contributed by atoms with van der Waals surface area (Å²) in [5.74, 6) is 0.929. The summed E-state index contributed by atoms with van der Waals surface area (Å²) in [4.78, 5) is 43.6. The van der Waals surface area contributed by atoms with Crippen molar-refractivity contribution in [2.24, 2.45) is 0 Å². The van der Waals surface area contributed by atoms with Crippen molar-refractivity contribution < 1.29 is 13.6 Å². The Morgan fingerprint density at radius 3 is 2.66 bits per heavy atom. The van der Waals surface area contributed by atoms with Crippen LogP contribution in [0.2, 0.25) is 0 Å². The lowest BCUT2D eigenvalue weighted by Crippen LogP contribution is -2.54. The van der Waals surface area contributed by atoms with Gasteiger partial charge in [0.25, 0.3) is 0 Å².